The summed E-state index contributed by atoms with van der Waals surface area (Å²) in [6.45, 7) is 3.81. The smallest absolute Gasteiger partial charge is 0.425 e. The van der Waals surface area contributed by atoms with Crippen molar-refractivity contribution in [3.8, 4) is 5.88 Å². The van der Waals surface area contributed by atoms with E-state index >= 15 is 0 Å². The zero-order valence-electron chi connectivity index (χ0n) is 15.2. The third-order valence-corrected chi connectivity index (χ3v) is 5.77. The van der Waals surface area contributed by atoms with E-state index in [0.717, 1.165) is 39.0 Å². The van der Waals surface area contributed by atoms with Crippen molar-refractivity contribution in [2.24, 2.45) is 11.3 Å². The number of nitrogens with zero attached hydrogens (tertiary/aromatic N) is 2. The van der Waals surface area contributed by atoms with Crippen molar-refractivity contribution < 1.29 is 22.7 Å². The largest absolute Gasteiger partial charge is 0.465 e. The molecule has 144 valence electrons. The first kappa shape index (κ1) is 19.0. The van der Waals surface area contributed by atoms with Crippen LogP contribution in [0.4, 0.5) is 18.9 Å². The zero-order chi connectivity index (χ0) is 18.9. The first-order chi connectivity index (χ1) is 12.2. The Morgan fingerprint density at radius 2 is 2.04 bits per heavy atom. The number of alkyl halides is 3. The van der Waals surface area contributed by atoms with E-state index in [9.17, 15) is 18.0 Å². The number of carbonyl (C=O) groups excluding carboxylic acids is 1. The number of amides is 1. The first-order valence-electron chi connectivity index (χ1n) is 9.23. The highest BCUT2D eigenvalue weighted by atomic mass is 19.4. The number of halogens is 3. The van der Waals surface area contributed by atoms with Crippen LogP contribution in [0.1, 0.15) is 52.4 Å². The molecule has 1 aliphatic carbocycles. The van der Waals surface area contributed by atoms with Crippen LogP contribution in [0.15, 0.2) is 18.3 Å². The van der Waals surface area contributed by atoms with E-state index in [4.69, 9.17) is 4.74 Å². The van der Waals surface area contributed by atoms with Gasteiger partial charge in [0, 0.05) is 12.6 Å². The molecule has 1 aromatic rings. The second kappa shape index (κ2) is 7.08. The number of ether oxygens (including phenoxy) is 1. The number of anilines is 1. The van der Waals surface area contributed by atoms with Gasteiger partial charge >= 0.3 is 6.18 Å². The van der Waals surface area contributed by atoms with Crippen LogP contribution in [-0.2, 0) is 4.79 Å². The van der Waals surface area contributed by atoms with Crippen LogP contribution in [0.2, 0.25) is 0 Å². The summed E-state index contributed by atoms with van der Waals surface area (Å²) in [5.74, 6) is 0.693. The SMILES string of the molecule is CC1CCCC2(CC1)CCN(c1ccc(O[C@@H](C)C(F)(F)F)nc1)C2=O. The highest BCUT2D eigenvalue weighted by Crippen LogP contribution is 2.46. The third-order valence-electron chi connectivity index (χ3n) is 5.77. The molecule has 4 nitrogen and oxygen atoms in total. The molecular weight excluding hydrogens is 345 g/mol. The number of carbonyl (C=O) groups is 1. The molecule has 0 bridgehead atoms. The van der Waals surface area contributed by atoms with Crippen LogP contribution in [0.3, 0.4) is 0 Å². The summed E-state index contributed by atoms with van der Waals surface area (Å²) < 4.78 is 42.5. The molecule has 2 heterocycles. The topological polar surface area (TPSA) is 42.4 Å². The molecule has 2 fully saturated rings. The predicted octanol–water partition coefficient (Wildman–Crippen LogP) is 4.73. The quantitative estimate of drug-likeness (QED) is 0.772. The number of aromatic nitrogens is 1. The zero-order valence-corrected chi connectivity index (χ0v) is 15.2. The van der Waals surface area contributed by atoms with Gasteiger partial charge in [0.15, 0.2) is 6.10 Å². The minimum atomic E-state index is -4.44. The molecular formula is C19H25F3N2O2. The van der Waals surface area contributed by atoms with Crippen LogP contribution in [0.25, 0.3) is 0 Å². The maximum absolute atomic E-state index is 13.1. The van der Waals surface area contributed by atoms with Gasteiger partial charge in [-0.05, 0) is 44.6 Å². The lowest BCUT2D eigenvalue weighted by atomic mass is 9.79. The maximum Gasteiger partial charge on any atom is 0.425 e. The summed E-state index contributed by atoms with van der Waals surface area (Å²) in [6.07, 6.45) is 1.04. The van der Waals surface area contributed by atoms with Gasteiger partial charge in [0.25, 0.3) is 0 Å². The minimum Gasteiger partial charge on any atom is -0.465 e. The van der Waals surface area contributed by atoms with Crippen molar-refractivity contribution in [3.63, 3.8) is 0 Å². The van der Waals surface area contributed by atoms with E-state index in [1.807, 2.05) is 0 Å². The van der Waals surface area contributed by atoms with E-state index < -0.39 is 12.3 Å². The first-order valence-corrected chi connectivity index (χ1v) is 9.23. The van der Waals surface area contributed by atoms with Gasteiger partial charge in [-0.1, -0.05) is 19.8 Å². The Morgan fingerprint density at radius 1 is 1.27 bits per heavy atom. The lowest BCUT2D eigenvalue weighted by molar-refractivity contribution is -0.189. The van der Waals surface area contributed by atoms with Crippen molar-refractivity contribution in [1.82, 2.24) is 4.98 Å². The summed E-state index contributed by atoms with van der Waals surface area (Å²) in [4.78, 5) is 18.7. The average molecular weight is 370 g/mol. The second-order valence-corrected chi connectivity index (χ2v) is 7.68. The van der Waals surface area contributed by atoms with E-state index in [1.165, 1.54) is 18.7 Å². The molecule has 1 spiro atoms. The van der Waals surface area contributed by atoms with Gasteiger partial charge in [0.2, 0.25) is 11.8 Å². The fraction of sp³-hybridized carbons (Fsp3) is 0.684. The Labute approximate surface area is 151 Å². The molecule has 7 heteroatoms. The predicted molar refractivity (Wildman–Crippen MR) is 92.0 cm³/mol. The molecule has 2 unspecified atom stereocenters. The van der Waals surface area contributed by atoms with E-state index in [2.05, 4.69) is 11.9 Å². The summed E-state index contributed by atoms with van der Waals surface area (Å²) in [5, 5.41) is 0. The molecule has 0 N–H and O–H groups in total. The van der Waals surface area contributed by atoms with Gasteiger partial charge < -0.3 is 9.64 Å². The molecule has 1 aliphatic heterocycles. The highest BCUT2D eigenvalue weighted by molar-refractivity contribution is 5.99. The Kier molecular flexibility index (Phi) is 5.17. The van der Waals surface area contributed by atoms with Gasteiger partial charge in [0.05, 0.1) is 17.3 Å². The van der Waals surface area contributed by atoms with Crippen molar-refractivity contribution in [2.75, 3.05) is 11.4 Å². The fourth-order valence-corrected chi connectivity index (χ4v) is 3.96. The van der Waals surface area contributed by atoms with Crippen molar-refractivity contribution in [1.29, 1.82) is 0 Å². The van der Waals surface area contributed by atoms with Gasteiger partial charge in [-0.3, -0.25) is 4.79 Å². The molecule has 3 atom stereocenters. The lowest BCUT2D eigenvalue weighted by Crippen LogP contribution is -2.34. The van der Waals surface area contributed by atoms with Crippen LogP contribution >= 0.6 is 0 Å². The Bertz CT molecular complexity index is 647. The van der Waals surface area contributed by atoms with Gasteiger partial charge in [-0.25, -0.2) is 4.98 Å². The van der Waals surface area contributed by atoms with E-state index in [0.29, 0.717) is 18.2 Å². The van der Waals surface area contributed by atoms with Crippen LogP contribution in [-0.4, -0.2) is 29.7 Å². The van der Waals surface area contributed by atoms with Crippen LogP contribution < -0.4 is 9.64 Å². The van der Waals surface area contributed by atoms with Crippen molar-refractivity contribution in [2.45, 2.75) is 64.7 Å². The molecule has 1 amide bonds. The van der Waals surface area contributed by atoms with E-state index in [1.54, 1.807) is 11.0 Å². The van der Waals surface area contributed by atoms with Gasteiger partial charge in [0.1, 0.15) is 0 Å². The number of rotatable bonds is 3. The fourth-order valence-electron chi connectivity index (χ4n) is 3.96. The molecule has 1 saturated heterocycles. The summed E-state index contributed by atoms with van der Waals surface area (Å²) >= 11 is 0. The summed E-state index contributed by atoms with van der Waals surface area (Å²) in [7, 11) is 0. The number of hydrogen-bond donors (Lipinski definition) is 0. The highest BCUT2D eigenvalue weighted by Gasteiger charge is 2.47. The molecule has 2 aliphatic rings. The average Bonchev–Trinajstić information content (AvgIpc) is 2.77. The van der Waals surface area contributed by atoms with Gasteiger partial charge in [-0.2, -0.15) is 13.2 Å². The number of pyridine rings is 1. The van der Waals surface area contributed by atoms with Gasteiger partial charge in [-0.15, -0.1) is 0 Å². The molecule has 1 saturated carbocycles. The Hall–Kier alpha value is -1.79. The normalized spacial score (nSPS) is 28.3. The molecule has 0 aromatic carbocycles. The second-order valence-electron chi connectivity index (χ2n) is 7.68. The Morgan fingerprint density at radius 3 is 2.69 bits per heavy atom. The third kappa shape index (κ3) is 3.81. The summed E-state index contributed by atoms with van der Waals surface area (Å²) in [5.41, 5.74) is 0.348. The summed E-state index contributed by atoms with van der Waals surface area (Å²) in [6, 6.07) is 3.01. The standard InChI is InChI=1S/C19H25F3N2O2/c1-13-4-3-8-18(9-7-13)10-11-24(17(18)25)15-5-6-16(23-12-15)26-14(2)19(20,21)22/h5-6,12-14H,3-4,7-11H2,1-2H3/t13?,14-,18?/m0/s1. The number of hydrogen-bond acceptors (Lipinski definition) is 3. The molecule has 1 aromatic heterocycles. The van der Waals surface area contributed by atoms with Crippen LogP contribution in [0, 0.1) is 11.3 Å². The van der Waals surface area contributed by atoms with Crippen molar-refractivity contribution >= 4 is 11.6 Å². The maximum atomic E-state index is 13.1. The Balaban J connectivity index is 1.69. The monoisotopic (exact) mass is 370 g/mol. The van der Waals surface area contributed by atoms with Crippen molar-refractivity contribution in [3.05, 3.63) is 18.3 Å². The minimum absolute atomic E-state index is 0.0942. The molecule has 3 rings (SSSR count). The lowest BCUT2D eigenvalue weighted by Gasteiger charge is -2.26. The molecule has 0 radical (unpaired) electrons. The van der Waals surface area contributed by atoms with Crippen LogP contribution in [0.5, 0.6) is 5.88 Å². The molecule has 26 heavy (non-hydrogen) atoms. The van der Waals surface area contributed by atoms with E-state index in [-0.39, 0.29) is 17.2 Å².